The summed E-state index contributed by atoms with van der Waals surface area (Å²) in [5.74, 6) is 0.242. The van der Waals surface area contributed by atoms with Gasteiger partial charge in [-0.15, -0.1) is 11.3 Å². The molecule has 0 unspecified atom stereocenters. The lowest BCUT2D eigenvalue weighted by molar-refractivity contribution is 0.0464. The number of hydrogen-bond donors (Lipinski definition) is 0. The lowest BCUT2D eigenvalue weighted by Gasteiger charge is -1.98. The van der Waals surface area contributed by atoms with Gasteiger partial charge in [0.25, 0.3) is 0 Å². The summed E-state index contributed by atoms with van der Waals surface area (Å²) in [5, 5.41) is 9.75. The Labute approximate surface area is 118 Å². The molecule has 0 N–H and O–H groups in total. The lowest BCUT2D eigenvalue weighted by atomic mass is 10.3. The molecule has 0 aliphatic carbocycles. The third kappa shape index (κ3) is 2.62. The van der Waals surface area contributed by atoms with Crippen LogP contribution in [0.15, 0.2) is 40.5 Å². The van der Waals surface area contributed by atoms with Crippen LogP contribution < -0.4 is 0 Å². The maximum Gasteiger partial charge on any atom is 0.341 e. The van der Waals surface area contributed by atoms with E-state index in [1.54, 1.807) is 35.3 Å². The molecule has 3 rings (SSSR count). The molecule has 0 aliphatic heterocycles. The third-order valence-electron chi connectivity index (χ3n) is 2.61. The first kappa shape index (κ1) is 12.6. The molecule has 0 aromatic carbocycles. The average molecular weight is 289 g/mol. The zero-order chi connectivity index (χ0) is 13.9. The topological polar surface area (TPSA) is 70.2 Å². The normalized spacial score (nSPS) is 10.7. The lowest BCUT2D eigenvalue weighted by Crippen LogP contribution is -2.04. The van der Waals surface area contributed by atoms with Crippen molar-refractivity contribution in [2.24, 2.45) is 7.05 Å². The molecular formula is C13H11N3O3S. The molecule has 3 heterocycles. The van der Waals surface area contributed by atoms with Crippen molar-refractivity contribution in [2.45, 2.75) is 6.61 Å². The van der Waals surface area contributed by atoms with Gasteiger partial charge in [0.2, 0.25) is 0 Å². The van der Waals surface area contributed by atoms with Gasteiger partial charge in [-0.2, -0.15) is 5.10 Å². The van der Waals surface area contributed by atoms with Crippen LogP contribution in [0.1, 0.15) is 16.1 Å². The second-order valence-corrected chi connectivity index (χ2v) is 5.09. The molecule has 0 spiro atoms. The van der Waals surface area contributed by atoms with E-state index in [0.717, 1.165) is 4.88 Å². The highest BCUT2D eigenvalue weighted by molar-refractivity contribution is 7.13. The number of hydrogen-bond acceptors (Lipinski definition) is 6. The Morgan fingerprint density at radius 2 is 2.45 bits per heavy atom. The summed E-state index contributed by atoms with van der Waals surface area (Å²) in [6, 6.07) is 5.64. The van der Waals surface area contributed by atoms with Crippen LogP contribution in [0.5, 0.6) is 0 Å². The van der Waals surface area contributed by atoms with Crippen molar-refractivity contribution < 1.29 is 14.1 Å². The number of rotatable bonds is 4. The minimum Gasteiger partial charge on any atom is -0.455 e. The standard InChI is InChI=1S/C13H11N3O3S/c1-16-7-9(6-14-16)13(17)18-8-10-5-11(19-15-10)12-3-2-4-20-12/h2-7H,8H2,1H3. The summed E-state index contributed by atoms with van der Waals surface area (Å²) >= 11 is 1.56. The highest BCUT2D eigenvalue weighted by atomic mass is 32.1. The minimum absolute atomic E-state index is 0.0720. The molecule has 20 heavy (non-hydrogen) atoms. The molecule has 6 nitrogen and oxygen atoms in total. The van der Waals surface area contributed by atoms with Crippen molar-refractivity contribution >= 4 is 17.3 Å². The fourth-order valence-corrected chi connectivity index (χ4v) is 2.34. The smallest absolute Gasteiger partial charge is 0.341 e. The largest absolute Gasteiger partial charge is 0.455 e. The van der Waals surface area contributed by atoms with Crippen molar-refractivity contribution in [3.05, 3.63) is 47.2 Å². The molecule has 102 valence electrons. The molecule has 3 aromatic rings. The van der Waals surface area contributed by atoms with E-state index in [4.69, 9.17) is 9.26 Å². The number of esters is 1. The van der Waals surface area contributed by atoms with Crippen LogP contribution in [0.2, 0.25) is 0 Å². The maximum atomic E-state index is 11.7. The maximum absolute atomic E-state index is 11.7. The summed E-state index contributed by atoms with van der Waals surface area (Å²) in [7, 11) is 1.74. The van der Waals surface area contributed by atoms with E-state index < -0.39 is 5.97 Å². The molecule has 0 saturated heterocycles. The monoisotopic (exact) mass is 289 g/mol. The Morgan fingerprint density at radius 3 is 3.15 bits per heavy atom. The Kier molecular flexibility index (Phi) is 3.34. The van der Waals surface area contributed by atoms with E-state index in [1.165, 1.54) is 6.20 Å². The van der Waals surface area contributed by atoms with Gasteiger partial charge in [0.05, 0.1) is 16.6 Å². The van der Waals surface area contributed by atoms with Gasteiger partial charge in [-0.3, -0.25) is 4.68 Å². The van der Waals surface area contributed by atoms with E-state index >= 15 is 0 Å². The Hall–Kier alpha value is -2.41. The SMILES string of the molecule is Cn1cc(C(=O)OCc2cc(-c3cccs3)on2)cn1. The second kappa shape index (κ2) is 5.30. The van der Waals surface area contributed by atoms with E-state index in [1.807, 2.05) is 17.5 Å². The highest BCUT2D eigenvalue weighted by Crippen LogP contribution is 2.25. The predicted octanol–water partition coefficient (Wildman–Crippen LogP) is 2.49. The van der Waals surface area contributed by atoms with E-state index in [9.17, 15) is 4.79 Å². The van der Waals surface area contributed by atoms with Crippen molar-refractivity contribution in [3.63, 3.8) is 0 Å². The fourth-order valence-electron chi connectivity index (χ4n) is 1.66. The molecule has 0 saturated carbocycles. The molecule has 0 bridgehead atoms. The van der Waals surface area contributed by atoms with Gasteiger partial charge in [-0.05, 0) is 11.4 Å². The quantitative estimate of drug-likeness (QED) is 0.690. The van der Waals surface area contributed by atoms with Crippen LogP contribution in [0, 0.1) is 0 Å². The first-order chi connectivity index (χ1) is 9.72. The molecule has 7 heteroatoms. The van der Waals surface area contributed by atoms with Gasteiger partial charge >= 0.3 is 5.97 Å². The number of aryl methyl sites for hydroxylation is 1. The van der Waals surface area contributed by atoms with Gasteiger partial charge < -0.3 is 9.26 Å². The van der Waals surface area contributed by atoms with Crippen molar-refractivity contribution in [1.82, 2.24) is 14.9 Å². The molecule has 0 atom stereocenters. The Balaban J connectivity index is 1.63. The summed E-state index contributed by atoms with van der Waals surface area (Å²) in [4.78, 5) is 12.7. The third-order valence-corrected chi connectivity index (χ3v) is 3.50. The van der Waals surface area contributed by atoms with Crippen LogP contribution in [0.4, 0.5) is 0 Å². The summed E-state index contributed by atoms with van der Waals surface area (Å²) < 4.78 is 11.9. The van der Waals surface area contributed by atoms with Gasteiger partial charge in [-0.25, -0.2) is 4.79 Å². The number of nitrogens with zero attached hydrogens (tertiary/aromatic N) is 3. The molecule has 3 aromatic heterocycles. The second-order valence-electron chi connectivity index (χ2n) is 4.14. The summed E-state index contributed by atoms with van der Waals surface area (Å²) in [6.45, 7) is 0.0720. The van der Waals surface area contributed by atoms with Crippen LogP contribution >= 0.6 is 11.3 Å². The van der Waals surface area contributed by atoms with Crippen LogP contribution in [-0.4, -0.2) is 20.9 Å². The van der Waals surface area contributed by atoms with Crippen molar-refractivity contribution in [3.8, 4) is 10.6 Å². The van der Waals surface area contributed by atoms with Crippen LogP contribution in [-0.2, 0) is 18.4 Å². The average Bonchev–Trinajstić information content (AvgIpc) is 3.16. The summed E-state index contributed by atoms with van der Waals surface area (Å²) in [6.07, 6.45) is 3.06. The highest BCUT2D eigenvalue weighted by Gasteiger charge is 2.12. The first-order valence-corrected chi connectivity index (χ1v) is 6.75. The molecular weight excluding hydrogens is 278 g/mol. The van der Waals surface area contributed by atoms with E-state index in [2.05, 4.69) is 10.3 Å². The zero-order valence-electron chi connectivity index (χ0n) is 10.6. The van der Waals surface area contributed by atoms with Crippen LogP contribution in [0.3, 0.4) is 0 Å². The van der Waals surface area contributed by atoms with Gasteiger partial charge in [0, 0.05) is 19.3 Å². The number of aromatic nitrogens is 3. The number of carbonyl (C=O) groups is 1. The summed E-state index contributed by atoms with van der Waals surface area (Å²) in [5.41, 5.74) is 0.986. The predicted molar refractivity (Wildman–Crippen MR) is 72.1 cm³/mol. The number of carbonyl (C=O) groups excluding carboxylic acids is 1. The minimum atomic E-state index is -0.432. The number of thiophene rings is 1. The molecule has 0 aliphatic rings. The molecule has 0 fully saturated rings. The van der Waals surface area contributed by atoms with Gasteiger partial charge in [0.15, 0.2) is 5.76 Å². The Morgan fingerprint density at radius 1 is 1.55 bits per heavy atom. The van der Waals surface area contributed by atoms with E-state index in [0.29, 0.717) is 17.0 Å². The van der Waals surface area contributed by atoms with Crippen LogP contribution in [0.25, 0.3) is 10.6 Å². The molecule has 0 amide bonds. The zero-order valence-corrected chi connectivity index (χ0v) is 11.5. The van der Waals surface area contributed by atoms with Gasteiger partial charge in [0.1, 0.15) is 12.3 Å². The fraction of sp³-hybridized carbons (Fsp3) is 0.154. The Bertz CT molecular complexity index is 715. The van der Waals surface area contributed by atoms with Crippen molar-refractivity contribution in [1.29, 1.82) is 0 Å². The number of ether oxygens (including phenoxy) is 1. The molecule has 0 radical (unpaired) electrons. The van der Waals surface area contributed by atoms with E-state index in [-0.39, 0.29) is 6.61 Å². The first-order valence-electron chi connectivity index (χ1n) is 5.87. The van der Waals surface area contributed by atoms with Gasteiger partial charge in [-0.1, -0.05) is 11.2 Å². The van der Waals surface area contributed by atoms with Crippen molar-refractivity contribution in [2.75, 3.05) is 0 Å².